The molecule has 1 saturated carbocycles. The molecule has 0 radical (unpaired) electrons. The average molecular weight is 514 g/mol. The Bertz CT molecular complexity index is 1250. The van der Waals surface area contributed by atoms with Gasteiger partial charge in [-0.2, -0.15) is 23.3 Å². The number of benzene rings is 1. The highest BCUT2D eigenvalue weighted by Gasteiger charge is 2.43. The summed E-state index contributed by atoms with van der Waals surface area (Å²) in [7, 11) is 1.59. The highest BCUT2D eigenvalue weighted by molar-refractivity contribution is 5.48. The van der Waals surface area contributed by atoms with Gasteiger partial charge in [-0.1, -0.05) is 24.6 Å². The fourth-order valence-electron chi connectivity index (χ4n) is 6.25. The van der Waals surface area contributed by atoms with Gasteiger partial charge < -0.3 is 15.0 Å². The molecule has 6 rings (SSSR count). The Labute approximate surface area is 213 Å². The quantitative estimate of drug-likeness (QED) is 0.528. The van der Waals surface area contributed by atoms with E-state index in [2.05, 4.69) is 20.4 Å². The lowest BCUT2D eigenvalue weighted by molar-refractivity contribution is -0.137. The molecule has 196 valence electrons. The highest BCUT2D eigenvalue weighted by atomic mass is 19.4. The molecule has 0 unspecified atom stereocenters. The van der Waals surface area contributed by atoms with Gasteiger partial charge in [0.25, 0.3) is 0 Å². The van der Waals surface area contributed by atoms with Crippen molar-refractivity contribution in [2.24, 2.45) is 11.8 Å². The zero-order valence-electron chi connectivity index (χ0n) is 20.7. The van der Waals surface area contributed by atoms with Crippen LogP contribution in [0.25, 0.3) is 0 Å². The third-order valence-corrected chi connectivity index (χ3v) is 8.06. The van der Waals surface area contributed by atoms with Crippen molar-refractivity contribution >= 4 is 11.6 Å². The molecule has 4 atom stereocenters. The number of hydrogen-bond donors (Lipinski definition) is 1. The van der Waals surface area contributed by atoms with E-state index in [-0.39, 0.29) is 12.0 Å². The van der Waals surface area contributed by atoms with Crippen LogP contribution in [0.2, 0.25) is 0 Å². The molecule has 0 amide bonds. The zero-order valence-corrected chi connectivity index (χ0v) is 20.7. The second kappa shape index (κ2) is 9.50. The predicted molar refractivity (Wildman–Crippen MR) is 132 cm³/mol. The van der Waals surface area contributed by atoms with Crippen LogP contribution in [0.5, 0.6) is 5.88 Å². The standard InChI is InChI=1S/C26H30F3N7O/c1-37-22-12-20(13-30-33-22)35-14-17-8-9-18(15-35)23(17)31-25-32-24-21(7-2-3-10-36(24)34-25)16-5-4-6-19(11-16)26(27,28)29/h4-6,11-13,17-18,21,23H,2-3,7-10,14-15H2,1H3,(H,31,34)/t17-,18+,21-,23-/m1/s1. The number of halogens is 3. The number of piperidine rings is 1. The van der Waals surface area contributed by atoms with Gasteiger partial charge in [0.15, 0.2) is 0 Å². The summed E-state index contributed by atoms with van der Waals surface area (Å²) in [4.78, 5) is 7.21. The molecule has 4 heterocycles. The minimum atomic E-state index is -4.37. The number of nitrogens with one attached hydrogen (secondary N) is 1. The van der Waals surface area contributed by atoms with E-state index in [4.69, 9.17) is 14.8 Å². The Morgan fingerprint density at radius 1 is 1.05 bits per heavy atom. The number of nitrogens with zero attached hydrogens (tertiary/aromatic N) is 6. The Hall–Kier alpha value is -3.37. The summed E-state index contributed by atoms with van der Waals surface area (Å²) >= 11 is 0. The molecule has 8 nitrogen and oxygen atoms in total. The maximum absolute atomic E-state index is 13.4. The minimum absolute atomic E-state index is 0.208. The minimum Gasteiger partial charge on any atom is -0.480 e. The smallest absolute Gasteiger partial charge is 0.416 e. The van der Waals surface area contributed by atoms with E-state index in [0.717, 1.165) is 69.3 Å². The second-order valence-corrected chi connectivity index (χ2v) is 10.3. The summed E-state index contributed by atoms with van der Waals surface area (Å²) in [5.74, 6) is 2.49. The van der Waals surface area contributed by atoms with Gasteiger partial charge in [-0.15, -0.1) is 10.2 Å². The van der Waals surface area contributed by atoms with Gasteiger partial charge in [0.05, 0.1) is 24.6 Å². The lowest BCUT2D eigenvalue weighted by Crippen LogP contribution is -2.48. The molecule has 1 aliphatic carbocycles. The van der Waals surface area contributed by atoms with Crippen LogP contribution < -0.4 is 15.0 Å². The topological polar surface area (TPSA) is 81.0 Å². The van der Waals surface area contributed by atoms with E-state index in [1.807, 2.05) is 10.7 Å². The number of methoxy groups -OCH3 is 1. The van der Waals surface area contributed by atoms with Crippen LogP contribution in [-0.2, 0) is 12.7 Å². The Balaban J connectivity index is 1.21. The third-order valence-electron chi connectivity index (χ3n) is 8.06. The van der Waals surface area contributed by atoms with Gasteiger partial charge in [0.2, 0.25) is 11.8 Å². The van der Waals surface area contributed by atoms with Crippen LogP contribution in [0.1, 0.15) is 55.0 Å². The Morgan fingerprint density at radius 3 is 2.62 bits per heavy atom. The molecule has 37 heavy (non-hydrogen) atoms. The summed E-state index contributed by atoms with van der Waals surface area (Å²) in [5, 5.41) is 16.4. The number of ether oxygens (including phenoxy) is 1. The monoisotopic (exact) mass is 513 g/mol. The molecule has 2 aromatic heterocycles. The van der Waals surface area contributed by atoms with Gasteiger partial charge >= 0.3 is 6.18 Å². The van der Waals surface area contributed by atoms with Crippen LogP contribution >= 0.6 is 0 Å². The first-order chi connectivity index (χ1) is 17.9. The van der Waals surface area contributed by atoms with Crippen LogP contribution in [0.3, 0.4) is 0 Å². The van der Waals surface area contributed by atoms with Crippen molar-refractivity contribution in [1.29, 1.82) is 0 Å². The average Bonchev–Trinajstić information content (AvgIpc) is 3.30. The van der Waals surface area contributed by atoms with Crippen molar-refractivity contribution in [2.45, 2.75) is 56.8 Å². The lowest BCUT2D eigenvalue weighted by atomic mass is 9.92. The third kappa shape index (κ3) is 4.71. The maximum Gasteiger partial charge on any atom is 0.416 e. The first-order valence-electron chi connectivity index (χ1n) is 12.9. The zero-order chi connectivity index (χ0) is 25.6. The van der Waals surface area contributed by atoms with E-state index < -0.39 is 11.7 Å². The van der Waals surface area contributed by atoms with Crippen molar-refractivity contribution in [3.8, 4) is 5.88 Å². The van der Waals surface area contributed by atoms with Crippen LogP contribution in [0.4, 0.5) is 24.8 Å². The van der Waals surface area contributed by atoms with E-state index in [0.29, 0.717) is 29.2 Å². The van der Waals surface area contributed by atoms with Crippen molar-refractivity contribution in [3.63, 3.8) is 0 Å². The second-order valence-electron chi connectivity index (χ2n) is 10.3. The van der Waals surface area contributed by atoms with E-state index >= 15 is 0 Å². The molecular weight excluding hydrogens is 483 g/mol. The van der Waals surface area contributed by atoms with Gasteiger partial charge in [0, 0.05) is 37.7 Å². The van der Waals surface area contributed by atoms with Crippen LogP contribution in [0.15, 0.2) is 36.5 Å². The fraction of sp³-hybridized carbons (Fsp3) is 0.538. The molecular formula is C26H30F3N7O. The van der Waals surface area contributed by atoms with Crippen molar-refractivity contribution < 1.29 is 17.9 Å². The number of fused-ring (bicyclic) bond motifs is 3. The highest BCUT2D eigenvalue weighted by Crippen LogP contribution is 2.41. The molecule has 3 aliphatic rings. The van der Waals surface area contributed by atoms with Crippen LogP contribution in [-0.4, -0.2) is 51.2 Å². The van der Waals surface area contributed by atoms with Crippen molar-refractivity contribution in [1.82, 2.24) is 25.0 Å². The van der Waals surface area contributed by atoms with Crippen LogP contribution in [0, 0.1) is 11.8 Å². The van der Waals surface area contributed by atoms with Gasteiger partial charge in [-0.25, -0.2) is 4.68 Å². The lowest BCUT2D eigenvalue weighted by Gasteiger charge is -2.39. The van der Waals surface area contributed by atoms with E-state index in [1.54, 1.807) is 19.4 Å². The molecule has 2 bridgehead atoms. The number of aromatic nitrogens is 5. The maximum atomic E-state index is 13.4. The van der Waals surface area contributed by atoms with Crippen molar-refractivity contribution in [2.75, 3.05) is 30.4 Å². The van der Waals surface area contributed by atoms with Crippen molar-refractivity contribution in [3.05, 3.63) is 53.5 Å². The molecule has 2 aliphatic heterocycles. The van der Waals surface area contributed by atoms with E-state index in [9.17, 15) is 13.2 Å². The summed E-state index contributed by atoms with van der Waals surface area (Å²) in [6.45, 7) is 2.51. The number of hydrogen-bond acceptors (Lipinski definition) is 7. The molecule has 1 aromatic carbocycles. The Morgan fingerprint density at radius 2 is 1.86 bits per heavy atom. The van der Waals surface area contributed by atoms with Gasteiger partial charge in [-0.3, -0.25) is 0 Å². The van der Waals surface area contributed by atoms with Gasteiger partial charge in [0.1, 0.15) is 5.82 Å². The molecule has 2 fully saturated rings. The SMILES string of the molecule is COc1cc(N2C[C@H]3CC[C@@H](C2)[C@@H]3Nc2nc3n(n2)CCCC[C@@H]3c2cccc(C(F)(F)F)c2)cnn1. The fourth-order valence-corrected chi connectivity index (χ4v) is 6.25. The number of anilines is 2. The number of aryl methyl sites for hydroxylation is 1. The first kappa shape index (κ1) is 24.0. The normalized spacial score (nSPS) is 25.5. The Kier molecular flexibility index (Phi) is 6.16. The number of rotatable bonds is 5. The van der Waals surface area contributed by atoms with Gasteiger partial charge in [-0.05, 0) is 49.1 Å². The first-order valence-corrected chi connectivity index (χ1v) is 12.9. The number of alkyl halides is 3. The largest absolute Gasteiger partial charge is 0.480 e. The summed E-state index contributed by atoms with van der Waals surface area (Å²) < 4.78 is 47.2. The molecule has 1 saturated heterocycles. The summed E-state index contributed by atoms with van der Waals surface area (Å²) in [6.07, 6.45) is 2.25. The van der Waals surface area contributed by atoms with E-state index in [1.165, 1.54) is 12.1 Å². The molecule has 1 N–H and O–H groups in total. The predicted octanol–water partition coefficient (Wildman–Crippen LogP) is 4.74. The molecule has 3 aromatic rings. The summed E-state index contributed by atoms with van der Waals surface area (Å²) in [6, 6.07) is 7.83. The summed E-state index contributed by atoms with van der Waals surface area (Å²) in [5.41, 5.74) is 1.04. The molecule has 11 heteroatoms. The molecule has 0 spiro atoms.